The van der Waals surface area contributed by atoms with Crippen LogP contribution in [0.1, 0.15) is 31.8 Å². The number of hydrogen-bond acceptors (Lipinski definition) is 6. The van der Waals surface area contributed by atoms with Gasteiger partial charge in [0.15, 0.2) is 0 Å². The smallest absolute Gasteiger partial charge is 0.348 e. The molecule has 0 aliphatic carbocycles. The van der Waals surface area contributed by atoms with Crippen molar-refractivity contribution in [1.82, 2.24) is 0 Å². The number of aryl methyl sites for hydroxylation is 2. The van der Waals surface area contributed by atoms with Gasteiger partial charge in [-0.15, -0.1) is 0 Å². The van der Waals surface area contributed by atoms with E-state index in [1.54, 1.807) is 13.8 Å². The summed E-state index contributed by atoms with van der Waals surface area (Å²) >= 11 is 0. The van der Waals surface area contributed by atoms with Gasteiger partial charge in [0.2, 0.25) is 11.6 Å². The van der Waals surface area contributed by atoms with Crippen LogP contribution in [0.5, 0.6) is 0 Å². The van der Waals surface area contributed by atoms with Crippen LogP contribution in [0.3, 0.4) is 0 Å². The van der Waals surface area contributed by atoms with Crippen molar-refractivity contribution in [3.63, 3.8) is 0 Å². The Bertz CT molecular complexity index is 872. The van der Waals surface area contributed by atoms with Crippen LogP contribution in [-0.4, -0.2) is 55.1 Å². The molecule has 0 bridgehead atoms. The summed E-state index contributed by atoms with van der Waals surface area (Å²) in [4.78, 5) is 49.1. The second-order valence-corrected chi connectivity index (χ2v) is 6.42. The van der Waals surface area contributed by atoms with E-state index in [-0.39, 0.29) is 30.6 Å². The fourth-order valence-corrected chi connectivity index (χ4v) is 2.66. The number of Topliss-reactive ketones (excluding diaryl/α,β-unsaturated/α-hetero) is 2. The number of carboxylic acids is 2. The molecule has 2 unspecified atom stereocenters. The predicted molar refractivity (Wildman–Crippen MR) is 96.2 cm³/mol. The van der Waals surface area contributed by atoms with Gasteiger partial charge in [-0.25, -0.2) is 9.59 Å². The number of benzene rings is 2. The van der Waals surface area contributed by atoms with Crippen LogP contribution >= 0.6 is 0 Å². The van der Waals surface area contributed by atoms with E-state index in [1.807, 2.05) is 0 Å². The van der Waals surface area contributed by atoms with Crippen LogP contribution < -0.4 is 0 Å². The zero-order valence-corrected chi connectivity index (χ0v) is 18.7. The number of carboxylic acid groups (broad SMARTS) is 2. The summed E-state index contributed by atoms with van der Waals surface area (Å²) < 4.78 is 0. The molecule has 0 saturated carbocycles. The fraction of sp³-hybridized carbons (Fsp3) is 0.200. The molecule has 2 rings (SSSR count). The maximum Gasteiger partial charge on any atom is 0.348 e. The summed E-state index contributed by atoms with van der Waals surface area (Å²) in [5.74, 6) is -8.01. The molecule has 0 fully saturated rings. The first kappa shape index (κ1) is 24.3. The molecule has 0 amide bonds. The molecular formula is C20H18O8Zn. The summed E-state index contributed by atoms with van der Waals surface area (Å²) in [6.07, 6.45) is 0. The van der Waals surface area contributed by atoms with Crippen LogP contribution in [0.25, 0.3) is 0 Å². The molecule has 4 N–H and O–H groups in total. The van der Waals surface area contributed by atoms with Crippen LogP contribution in [-0.2, 0) is 29.1 Å². The van der Waals surface area contributed by atoms with Crippen molar-refractivity contribution in [3.8, 4) is 0 Å². The minimum Gasteiger partial charge on any atom is -0.479 e. The van der Waals surface area contributed by atoms with Gasteiger partial charge in [0.25, 0.3) is 11.2 Å². The first-order valence-electron chi connectivity index (χ1n) is 8.10. The number of carbonyl (C=O) groups is 4. The Morgan fingerprint density at radius 3 is 1.07 bits per heavy atom. The van der Waals surface area contributed by atoms with E-state index >= 15 is 0 Å². The van der Waals surface area contributed by atoms with E-state index in [9.17, 15) is 39.6 Å². The van der Waals surface area contributed by atoms with Gasteiger partial charge < -0.3 is 20.4 Å². The number of hydrogen-bond donors (Lipinski definition) is 4. The quantitative estimate of drug-likeness (QED) is 0.277. The molecule has 0 radical (unpaired) electrons. The maximum absolute atomic E-state index is 12.8. The van der Waals surface area contributed by atoms with Crippen LogP contribution in [0.4, 0.5) is 0 Å². The molecular weight excluding hydrogens is 434 g/mol. The van der Waals surface area contributed by atoms with E-state index in [1.165, 1.54) is 24.3 Å². The third kappa shape index (κ3) is 4.03. The molecule has 2 aromatic rings. The van der Waals surface area contributed by atoms with E-state index in [0.29, 0.717) is 11.1 Å². The summed E-state index contributed by atoms with van der Waals surface area (Å²) in [7, 11) is 0. The van der Waals surface area contributed by atoms with Gasteiger partial charge in [0, 0.05) is 30.6 Å². The van der Waals surface area contributed by atoms with Gasteiger partial charge in [0.1, 0.15) is 0 Å². The van der Waals surface area contributed by atoms with Gasteiger partial charge in [-0.1, -0.05) is 59.7 Å². The van der Waals surface area contributed by atoms with Crippen molar-refractivity contribution in [3.05, 3.63) is 70.8 Å². The van der Waals surface area contributed by atoms with Gasteiger partial charge >= 0.3 is 11.9 Å². The van der Waals surface area contributed by atoms with E-state index in [4.69, 9.17) is 0 Å². The van der Waals surface area contributed by atoms with Crippen LogP contribution in [0.15, 0.2) is 48.5 Å². The molecule has 0 saturated heterocycles. The SMILES string of the molecule is Cc1ccc(C(=O)C(O)(C(=O)O)C(O)(C(=O)O)C(=O)c2ccc(C)cc2)cc1.[Zn]. The normalized spacial score (nSPS) is 14.6. The van der Waals surface area contributed by atoms with Gasteiger partial charge in [0.05, 0.1) is 0 Å². The van der Waals surface area contributed by atoms with Crippen molar-refractivity contribution >= 4 is 23.5 Å². The fourth-order valence-electron chi connectivity index (χ4n) is 2.66. The van der Waals surface area contributed by atoms with E-state index < -0.39 is 34.7 Å². The van der Waals surface area contributed by atoms with Crippen molar-refractivity contribution < 1.29 is 59.1 Å². The topological polar surface area (TPSA) is 149 Å². The third-order valence-corrected chi connectivity index (χ3v) is 4.43. The van der Waals surface area contributed by atoms with E-state index in [0.717, 1.165) is 24.3 Å². The second kappa shape index (κ2) is 8.74. The van der Waals surface area contributed by atoms with Crippen molar-refractivity contribution in [1.29, 1.82) is 0 Å². The Kier molecular flexibility index (Phi) is 7.32. The molecule has 2 atom stereocenters. The van der Waals surface area contributed by atoms with Gasteiger partial charge in [-0.2, -0.15) is 0 Å². The molecule has 0 aromatic heterocycles. The Hall–Kier alpha value is -2.74. The maximum atomic E-state index is 12.8. The van der Waals surface area contributed by atoms with Crippen molar-refractivity contribution in [2.24, 2.45) is 0 Å². The zero-order chi connectivity index (χ0) is 21.3. The number of aliphatic carboxylic acids is 2. The third-order valence-electron chi connectivity index (χ3n) is 4.43. The number of ketones is 2. The minimum atomic E-state index is -3.96. The average molecular weight is 452 g/mol. The van der Waals surface area contributed by atoms with Crippen LogP contribution in [0.2, 0.25) is 0 Å². The molecule has 0 aliphatic heterocycles. The molecule has 0 heterocycles. The molecule has 29 heavy (non-hydrogen) atoms. The first-order valence-corrected chi connectivity index (χ1v) is 8.10. The Morgan fingerprint density at radius 1 is 0.621 bits per heavy atom. The molecule has 2 aromatic carbocycles. The van der Waals surface area contributed by atoms with E-state index in [2.05, 4.69) is 0 Å². The summed E-state index contributed by atoms with van der Waals surface area (Å²) in [5.41, 5.74) is -7.27. The monoisotopic (exact) mass is 450 g/mol. The Morgan fingerprint density at radius 2 is 0.862 bits per heavy atom. The second-order valence-electron chi connectivity index (χ2n) is 6.42. The Labute approximate surface area is 178 Å². The average Bonchev–Trinajstić information content (AvgIpc) is 2.66. The predicted octanol–water partition coefficient (Wildman–Crippen LogP) is 0.998. The number of carbonyl (C=O) groups excluding carboxylic acids is 2. The van der Waals surface area contributed by atoms with Crippen molar-refractivity contribution in [2.45, 2.75) is 25.0 Å². The molecule has 0 aliphatic rings. The summed E-state index contributed by atoms with van der Waals surface area (Å²) in [6.45, 7) is 3.37. The molecule has 8 nitrogen and oxygen atoms in total. The largest absolute Gasteiger partial charge is 0.479 e. The van der Waals surface area contributed by atoms with Crippen molar-refractivity contribution in [2.75, 3.05) is 0 Å². The summed E-state index contributed by atoms with van der Waals surface area (Å²) in [6, 6.07) is 10.3. The molecule has 9 heteroatoms. The Balaban J connectivity index is 0.00000420. The van der Waals surface area contributed by atoms with Gasteiger partial charge in [-0.05, 0) is 13.8 Å². The standard InChI is InChI=1S/C20H18O8.Zn/c1-11-3-7-13(8-4-11)15(21)19(27,17(23)24)20(28,18(25)26)16(22)14-9-5-12(2)6-10-14;/h3-10,27-28H,1-2H3,(H,23,24)(H,25,26);. The number of rotatable bonds is 7. The van der Waals surface area contributed by atoms with Crippen LogP contribution in [0, 0.1) is 13.8 Å². The molecule has 0 spiro atoms. The minimum absolute atomic E-state index is 0. The zero-order valence-electron chi connectivity index (χ0n) is 15.7. The number of aliphatic hydroxyl groups is 2. The first-order chi connectivity index (χ1) is 13.0. The summed E-state index contributed by atoms with van der Waals surface area (Å²) in [5, 5.41) is 40.3. The molecule has 148 valence electrons. The van der Waals surface area contributed by atoms with Gasteiger partial charge in [-0.3, -0.25) is 9.59 Å².